The first kappa shape index (κ1) is 16.2. The number of amides is 1. The molecule has 7 nitrogen and oxygen atoms in total. The van der Waals surface area contributed by atoms with Crippen LogP contribution in [-0.4, -0.2) is 42.0 Å². The lowest BCUT2D eigenvalue weighted by Crippen LogP contribution is -2.28. The number of carbonyl (C=O) groups is 1. The quantitative estimate of drug-likeness (QED) is 0.890. The highest BCUT2D eigenvalue weighted by atomic mass is 16.5. The van der Waals surface area contributed by atoms with Gasteiger partial charge in [0.15, 0.2) is 0 Å². The zero-order valence-corrected chi connectivity index (χ0v) is 13.5. The minimum atomic E-state index is -0.301. The van der Waals surface area contributed by atoms with Crippen molar-refractivity contribution >= 4 is 17.3 Å². The van der Waals surface area contributed by atoms with E-state index in [0.29, 0.717) is 5.69 Å². The van der Waals surface area contributed by atoms with E-state index in [1.807, 2.05) is 24.3 Å². The number of anilines is 2. The molecule has 1 N–H and O–H groups in total. The third-order valence-corrected chi connectivity index (χ3v) is 4.07. The van der Waals surface area contributed by atoms with Crippen LogP contribution in [-0.2, 0) is 16.1 Å². The average molecular weight is 328 g/mol. The summed E-state index contributed by atoms with van der Waals surface area (Å²) < 4.78 is 6.50. The Kier molecular flexibility index (Phi) is 4.90. The van der Waals surface area contributed by atoms with E-state index in [2.05, 4.69) is 15.3 Å². The van der Waals surface area contributed by atoms with E-state index in [9.17, 15) is 9.59 Å². The van der Waals surface area contributed by atoms with Crippen LogP contribution in [0, 0.1) is 0 Å². The van der Waals surface area contributed by atoms with E-state index in [1.54, 1.807) is 13.2 Å². The van der Waals surface area contributed by atoms with Crippen LogP contribution in [0.2, 0.25) is 0 Å². The summed E-state index contributed by atoms with van der Waals surface area (Å²) in [5, 5.41) is 6.64. The van der Waals surface area contributed by atoms with Crippen molar-refractivity contribution in [1.29, 1.82) is 0 Å². The summed E-state index contributed by atoms with van der Waals surface area (Å²) in [5.74, 6) is -0.288. The molecule has 3 rings (SSSR count). The summed E-state index contributed by atoms with van der Waals surface area (Å²) in [4.78, 5) is 25.8. The van der Waals surface area contributed by atoms with Crippen LogP contribution in [0.3, 0.4) is 0 Å². The molecule has 0 spiro atoms. The Morgan fingerprint density at radius 2 is 2.12 bits per heavy atom. The van der Waals surface area contributed by atoms with Crippen molar-refractivity contribution in [2.45, 2.75) is 19.1 Å². The molecule has 24 heavy (non-hydrogen) atoms. The van der Waals surface area contributed by atoms with Crippen LogP contribution in [0.4, 0.5) is 11.4 Å². The molecule has 1 amide bonds. The number of nitrogens with one attached hydrogen (secondary N) is 1. The molecule has 0 saturated carbocycles. The fourth-order valence-electron chi connectivity index (χ4n) is 2.75. The Balaban J connectivity index is 1.59. The molecule has 1 aromatic carbocycles. The monoisotopic (exact) mass is 328 g/mol. The van der Waals surface area contributed by atoms with Gasteiger partial charge in [-0.25, -0.2) is 4.68 Å². The second-order valence-corrected chi connectivity index (χ2v) is 5.71. The van der Waals surface area contributed by atoms with Crippen molar-refractivity contribution in [1.82, 2.24) is 9.78 Å². The molecule has 1 aliphatic heterocycles. The number of methoxy groups -OCH3 is 1. The first-order chi connectivity index (χ1) is 11.7. The summed E-state index contributed by atoms with van der Waals surface area (Å²) in [6.07, 6.45) is 2.78. The Labute approximate surface area is 139 Å². The molecule has 0 aliphatic carbocycles. The second kappa shape index (κ2) is 7.27. The van der Waals surface area contributed by atoms with Crippen molar-refractivity contribution in [3.63, 3.8) is 0 Å². The highest BCUT2D eigenvalue weighted by Gasteiger charge is 2.22. The Hall–Kier alpha value is -2.67. The van der Waals surface area contributed by atoms with E-state index in [4.69, 9.17) is 4.74 Å². The maximum Gasteiger partial charge on any atom is 0.267 e. The zero-order valence-electron chi connectivity index (χ0n) is 13.5. The Morgan fingerprint density at radius 3 is 2.79 bits per heavy atom. The summed E-state index contributed by atoms with van der Waals surface area (Å²) in [7, 11) is 1.74. The molecule has 1 saturated heterocycles. The van der Waals surface area contributed by atoms with Gasteiger partial charge < -0.3 is 15.0 Å². The third kappa shape index (κ3) is 3.80. The second-order valence-electron chi connectivity index (χ2n) is 5.71. The van der Waals surface area contributed by atoms with Crippen molar-refractivity contribution in [2.24, 2.45) is 0 Å². The van der Waals surface area contributed by atoms with Crippen molar-refractivity contribution in [3.05, 3.63) is 52.9 Å². The number of ether oxygens (including phenoxy) is 1. The molecule has 1 fully saturated rings. The largest absolute Gasteiger partial charge is 0.380 e. The topological polar surface area (TPSA) is 76.5 Å². The lowest BCUT2D eigenvalue weighted by molar-refractivity contribution is -0.117. The van der Waals surface area contributed by atoms with E-state index < -0.39 is 0 Å². The summed E-state index contributed by atoms with van der Waals surface area (Å²) in [6, 6.07) is 10.6. The van der Waals surface area contributed by atoms with Gasteiger partial charge >= 0.3 is 0 Å². The van der Waals surface area contributed by atoms with Gasteiger partial charge in [0.25, 0.3) is 5.56 Å². The van der Waals surface area contributed by atoms with Crippen LogP contribution < -0.4 is 15.8 Å². The first-order valence-corrected chi connectivity index (χ1v) is 7.85. The number of nitrogens with zero attached hydrogens (tertiary/aromatic N) is 3. The minimum Gasteiger partial charge on any atom is -0.380 e. The third-order valence-electron chi connectivity index (χ3n) is 4.07. The van der Waals surface area contributed by atoms with Gasteiger partial charge in [-0.2, -0.15) is 5.10 Å². The normalized spacial score (nSPS) is 17.0. The van der Waals surface area contributed by atoms with Gasteiger partial charge in [-0.15, -0.1) is 0 Å². The fourth-order valence-corrected chi connectivity index (χ4v) is 2.75. The number of hydrogen-bond donors (Lipinski definition) is 1. The molecule has 2 heterocycles. The molecule has 0 bridgehead atoms. The molecule has 1 aliphatic rings. The summed E-state index contributed by atoms with van der Waals surface area (Å²) in [5.41, 5.74) is 1.49. The van der Waals surface area contributed by atoms with Gasteiger partial charge in [0.2, 0.25) is 5.91 Å². The smallest absolute Gasteiger partial charge is 0.267 e. The molecule has 7 heteroatoms. The highest BCUT2D eigenvalue weighted by Crippen LogP contribution is 2.23. The molecular weight excluding hydrogens is 308 g/mol. The van der Waals surface area contributed by atoms with Crippen LogP contribution in [0.1, 0.15) is 6.42 Å². The van der Waals surface area contributed by atoms with Crippen molar-refractivity contribution in [2.75, 3.05) is 30.4 Å². The highest BCUT2D eigenvalue weighted by molar-refractivity contribution is 5.90. The number of rotatable bonds is 5. The fraction of sp³-hybridized carbons (Fsp3) is 0.353. The number of carbonyl (C=O) groups excluding carboxylic acids is 1. The summed E-state index contributed by atoms with van der Waals surface area (Å²) >= 11 is 0. The van der Waals surface area contributed by atoms with Gasteiger partial charge in [0, 0.05) is 43.8 Å². The van der Waals surface area contributed by atoms with Crippen LogP contribution in [0.15, 0.2) is 47.4 Å². The predicted octanol–water partition coefficient (Wildman–Crippen LogP) is 1.11. The minimum absolute atomic E-state index is 0.108. The maximum absolute atomic E-state index is 12.0. The molecule has 126 valence electrons. The van der Waals surface area contributed by atoms with Crippen molar-refractivity contribution in [3.8, 4) is 0 Å². The first-order valence-electron chi connectivity index (χ1n) is 7.85. The lowest BCUT2D eigenvalue weighted by atomic mass is 10.2. The van der Waals surface area contributed by atoms with Crippen LogP contribution in [0.5, 0.6) is 0 Å². The maximum atomic E-state index is 12.0. The summed E-state index contributed by atoms with van der Waals surface area (Å²) in [6.45, 7) is 1.74. The van der Waals surface area contributed by atoms with Crippen LogP contribution >= 0.6 is 0 Å². The van der Waals surface area contributed by atoms with Gasteiger partial charge in [-0.1, -0.05) is 0 Å². The SMILES string of the molecule is COC1CCN(c2ccc(NC(=O)Cn3ncccc3=O)cc2)C1. The van der Waals surface area contributed by atoms with Gasteiger partial charge in [-0.05, 0) is 36.8 Å². The van der Waals surface area contributed by atoms with Gasteiger partial charge in [-0.3, -0.25) is 9.59 Å². The molecular formula is C17H20N4O3. The molecule has 1 aromatic heterocycles. The van der Waals surface area contributed by atoms with E-state index in [0.717, 1.165) is 29.9 Å². The van der Waals surface area contributed by atoms with E-state index in [-0.39, 0.29) is 24.1 Å². The predicted molar refractivity (Wildman–Crippen MR) is 91.2 cm³/mol. The van der Waals surface area contributed by atoms with Crippen molar-refractivity contribution < 1.29 is 9.53 Å². The molecule has 1 atom stereocenters. The number of benzene rings is 1. The molecule has 0 radical (unpaired) electrons. The molecule has 2 aromatic rings. The Bertz CT molecular complexity index is 757. The number of aromatic nitrogens is 2. The van der Waals surface area contributed by atoms with Crippen LogP contribution in [0.25, 0.3) is 0 Å². The average Bonchev–Trinajstić information content (AvgIpc) is 3.07. The lowest BCUT2D eigenvalue weighted by Gasteiger charge is -2.18. The molecule has 1 unspecified atom stereocenters. The Morgan fingerprint density at radius 1 is 1.33 bits per heavy atom. The zero-order chi connectivity index (χ0) is 16.9. The van der Waals surface area contributed by atoms with E-state index in [1.165, 1.54) is 12.3 Å². The van der Waals surface area contributed by atoms with Gasteiger partial charge in [0.05, 0.1) is 6.10 Å². The number of hydrogen-bond acceptors (Lipinski definition) is 5. The van der Waals surface area contributed by atoms with Gasteiger partial charge in [0.1, 0.15) is 6.54 Å². The van der Waals surface area contributed by atoms with E-state index >= 15 is 0 Å². The standard InChI is InChI=1S/C17H20N4O3/c1-24-15-8-10-20(11-15)14-6-4-13(5-7-14)19-16(22)12-21-17(23)3-2-9-18-21/h2-7,9,15H,8,10-12H2,1H3,(H,19,22).